The normalized spacial score (nSPS) is 14.4. The van der Waals surface area contributed by atoms with Crippen molar-refractivity contribution in [3.8, 4) is 17.6 Å². The molecule has 0 radical (unpaired) electrons. The number of hydrogen-bond donors (Lipinski definition) is 0. The molecule has 0 unspecified atom stereocenters. The first-order valence-electron chi connectivity index (χ1n) is 7.94. The zero-order valence-corrected chi connectivity index (χ0v) is 15.6. The molecule has 0 saturated carbocycles. The third-order valence-electron chi connectivity index (χ3n) is 3.85. The van der Waals surface area contributed by atoms with Crippen LogP contribution in [0.1, 0.15) is 17.5 Å². The Kier molecular flexibility index (Phi) is 5.21. The molecule has 0 aromatic heterocycles. The maximum atomic E-state index is 12.7. The fourth-order valence-corrected chi connectivity index (χ4v) is 3.93. The lowest BCUT2D eigenvalue weighted by Crippen LogP contribution is -2.03. The van der Waals surface area contributed by atoms with E-state index in [4.69, 9.17) is 21.1 Å². The van der Waals surface area contributed by atoms with E-state index in [1.54, 1.807) is 30.3 Å². The Hall–Kier alpha value is -2.49. The summed E-state index contributed by atoms with van der Waals surface area (Å²) in [5.74, 6) is 0.868. The Morgan fingerprint density at radius 2 is 1.88 bits per heavy atom. The van der Waals surface area contributed by atoms with Crippen molar-refractivity contribution < 1.29 is 17.9 Å². The van der Waals surface area contributed by atoms with E-state index < -0.39 is 9.84 Å². The van der Waals surface area contributed by atoms with Crippen LogP contribution in [0, 0.1) is 18.3 Å². The Morgan fingerprint density at radius 1 is 1.19 bits per heavy atom. The van der Waals surface area contributed by atoms with Gasteiger partial charge in [-0.25, -0.2) is 8.42 Å². The van der Waals surface area contributed by atoms with E-state index in [0.29, 0.717) is 35.3 Å². The first-order chi connectivity index (χ1) is 12.4. The number of halogens is 1. The summed E-state index contributed by atoms with van der Waals surface area (Å²) in [4.78, 5) is -0.303. The quantitative estimate of drug-likeness (QED) is 0.737. The van der Waals surface area contributed by atoms with E-state index in [-0.39, 0.29) is 9.80 Å². The molecule has 0 bridgehead atoms. The highest BCUT2D eigenvalue weighted by Gasteiger charge is 2.22. The third kappa shape index (κ3) is 3.69. The van der Waals surface area contributed by atoms with Gasteiger partial charge in [-0.3, -0.25) is 0 Å². The molecule has 2 aromatic carbocycles. The number of hydrogen-bond acceptors (Lipinski definition) is 5. The van der Waals surface area contributed by atoms with Crippen LogP contribution < -0.4 is 9.47 Å². The minimum Gasteiger partial charge on any atom is -0.489 e. The molecule has 0 fully saturated rings. The molecule has 1 aliphatic heterocycles. The molecule has 3 rings (SSSR count). The second kappa shape index (κ2) is 7.40. The average Bonchev–Trinajstić information content (AvgIpc) is 2.85. The van der Waals surface area contributed by atoms with Crippen LogP contribution in [0.25, 0.3) is 6.08 Å². The fraction of sp³-hybridized carbons (Fsp3) is 0.211. The summed E-state index contributed by atoms with van der Waals surface area (Å²) in [6.07, 6.45) is 2.01. The van der Waals surface area contributed by atoms with Crippen LogP contribution >= 0.6 is 11.6 Å². The molecule has 26 heavy (non-hydrogen) atoms. The van der Waals surface area contributed by atoms with Gasteiger partial charge in [0.05, 0.1) is 23.1 Å². The molecule has 0 saturated heterocycles. The summed E-state index contributed by atoms with van der Waals surface area (Å²) < 4.78 is 36.6. The number of rotatable bonds is 3. The highest BCUT2D eigenvalue weighted by molar-refractivity contribution is 7.95. The molecule has 0 spiro atoms. The van der Waals surface area contributed by atoms with Crippen molar-refractivity contribution in [2.24, 2.45) is 0 Å². The molecule has 5 nitrogen and oxygen atoms in total. The Morgan fingerprint density at radius 3 is 2.58 bits per heavy atom. The van der Waals surface area contributed by atoms with Gasteiger partial charge in [0.1, 0.15) is 11.0 Å². The maximum Gasteiger partial charge on any atom is 0.216 e. The second-order valence-electron chi connectivity index (χ2n) is 5.82. The fourth-order valence-electron chi connectivity index (χ4n) is 2.50. The highest BCUT2D eigenvalue weighted by Crippen LogP contribution is 2.38. The number of aryl methyl sites for hydroxylation is 1. The molecule has 1 heterocycles. The topological polar surface area (TPSA) is 76.4 Å². The number of nitrogens with zero attached hydrogens (tertiary/aromatic N) is 1. The first-order valence-corrected chi connectivity index (χ1v) is 9.80. The molecule has 1 aliphatic rings. The van der Waals surface area contributed by atoms with Crippen molar-refractivity contribution >= 4 is 27.5 Å². The summed E-state index contributed by atoms with van der Waals surface area (Å²) in [5, 5.41) is 9.71. The number of ether oxygens (including phenoxy) is 2. The summed E-state index contributed by atoms with van der Waals surface area (Å²) >= 11 is 6.23. The Balaban J connectivity index is 2.04. The van der Waals surface area contributed by atoms with Gasteiger partial charge in [-0.15, -0.1) is 0 Å². The summed E-state index contributed by atoms with van der Waals surface area (Å²) in [6.45, 7) is 2.83. The van der Waals surface area contributed by atoms with Gasteiger partial charge in [0, 0.05) is 6.42 Å². The molecule has 2 aromatic rings. The predicted molar refractivity (Wildman–Crippen MR) is 99.0 cm³/mol. The maximum absolute atomic E-state index is 12.7. The van der Waals surface area contributed by atoms with E-state index in [1.807, 2.05) is 6.92 Å². The Bertz CT molecular complexity index is 1010. The van der Waals surface area contributed by atoms with Crippen LogP contribution in [-0.2, 0) is 9.84 Å². The van der Waals surface area contributed by atoms with E-state index in [0.717, 1.165) is 12.0 Å². The average molecular weight is 390 g/mol. The highest BCUT2D eigenvalue weighted by atomic mass is 35.5. The van der Waals surface area contributed by atoms with Crippen molar-refractivity contribution in [1.29, 1.82) is 5.26 Å². The summed E-state index contributed by atoms with van der Waals surface area (Å²) in [6, 6.07) is 11.3. The number of nitriles is 1. The minimum atomic E-state index is -3.92. The van der Waals surface area contributed by atoms with Crippen LogP contribution in [0.5, 0.6) is 11.5 Å². The minimum absolute atomic E-state index is 0.0661. The molecule has 0 aliphatic carbocycles. The van der Waals surface area contributed by atoms with Crippen molar-refractivity contribution in [3.05, 3.63) is 57.5 Å². The van der Waals surface area contributed by atoms with Gasteiger partial charge in [-0.1, -0.05) is 29.3 Å². The zero-order valence-electron chi connectivity index (χ0n) is 14.0. The largest absolute Gasteiger partial charge is 0.489 e. The van der Waals surface area contributed by atoms with Gasteiger partial charge in [0.15, 0.2) is 11.5 Å². The smallest absolute Gasteiger partial charge is 0.216 e. The van der Waals surface area contributed by atoms with Crippen LogP contribution in [0.2, 0.25) is 5.02 Å². The molecular formula is C19H16ClNO4S. The summed E-state index contributed by atoms with van der Waals surface area (Å²) in [7, 11) is -3.92. The lowest BCUT2D eigenvalue weighted by Gasteiger charge is -2.10. The number of fused-ring (bicyclic) bond motifs is 1. The lowest BCUT2D eigenvalue weighted by atomic mass is 10.2. The second-order valence-corrected chi connectivity index (χ2v) is 8.14. The van der Waals surface area contributed by atoms with Gasteiger partial charge in [0.25, 0.3) is 0 Å². The third-order valence-corrected chi connectivity index (χ3v) is 5.81. The number of benzene rings is 2. The standard InChI is InChI=1S/C19H16ClNO4S/c1-13-3-5-15(6-4-13)26(22,23)16(12-21)9-14-10-17(20)19-18(11-14)24-7-2-8-25-19/h3-6,9-11H,2,7-8H2,1H3/b16-9+. The predicted octanol–water partition coefficient (Wildman–Crippen LogP) is 4.15. The lowest BCUT2D eigenvalue weighted by molar-refractivity contribution is 0.297. The van der Waals surface area contributed by atoms with Crippen molar-refractivity contribution in [1.82, 2.24) is 0 Å². The van der Waals surface area contributed by atoms with Gasteiger partial charge < -0.3 is 9.47 Å². The zero-order chi connectivity index (χ0) is 18.7. The van der Waals surface area contributed by atoms with Crippen molar-refractivity contribution in [3.63, 3.8) is 0 Å². The van der Waals surface area contributed by atoms with Crippen LogP contribution in [0.3, 0.4) is 0 Å². The van der Waals surface area contributed by atoms with Crippen LogP contribution in [0.15, 0.2) is 46.2 Å². The molecule has 0 atom stereocenters. The van der Waals surface area contributed by atoms with Gasteiger partial charge in [-0.2, -0.15) is 5.26 Å². The SMILES string of the molecule is Cc1ccc(S(=O)(=O)/C(C#N)=C/c2cc(Cl)c3c(c2)OCCCO3)cc1. The Labute approximate surface area is 157 Å². The molecule has 7 heteroatoms. The molecule has 0 amide bonds. The van der Waals surface area contributed by atoms with E-state index in [9.17, 15) is 13.7 Å². The van der Waals surface area contributed by atoms with Crippen LogP contribution in [-0.4, -0.2) is 21.6 Å². The van der Waals surface area contributed by atoms with Gasteiger partial charge in [0.2, 0.25) is 9.84 Å². The number of allylic oxidation sites excluding steroid dienone is 1. The van der Waals surface area contributed by atoms with Gasteiger partial charge in [-0.05, 0) is 42.8 Å². The van der Waals surface area contributed by atoms with E-state index in [1.165, 1.54) is 18.2 Å². The van der Waals surface area contributed by atoms with Crippen LogP contribution in [0.4, 0.5) is 0 Å². The molecule has 134 valence electrons. The molecule has 0 N–H and O–H groups in total. The van der Waals surface area contributed by atoms with Crippen molar-refractivity contribution in [2.45, 2.75) is 18.2 Å². The monoisotopic (exact) mass is 389 g/mol. The number of sulfone groups is 1. The van der Waals surface area contributed by atoms with Crippen molar-refractivity contribution in [2.75, 3.05) is 13.2 Å². The first kappa shape index (κ1) is 18.3. The van der Waals surface area contributed by atoms with E-state index in [2.05, 4.69) is 0 Å². The van der Waals surface area contributed by atoms with E-state index >= 15 is 0 Å². The molecular weight excluding hydrogens is 374 g/mol. The van der Waals surface area contributed by atoms with Gasteiger partial charge >= 0.3 is 0 Å². The summed E-state index contributed by atoms with van der Waals surface area (Å²) in [5.41, 5.74) is 1.38.